The Morgan fingerprint density at radius 3 is 2.36 bits per heavy atom. The Balaban J connectivity index is 1.17. The number of para-hydroxylation sites is 3. The third-order valence-corrected chi connectivity index (χ3v) is 7.74. The number of aromatic nitrogens is 3. The highest BCUT2D eigenvalue weighted by Gasteiger charge is 2.32. The summed E-state index contributed by atoms with van der Waals surface area (Å²) in [5, 5.41) is 9.11. The molecule has 2 atom stereocenters. The van der Waals surface area contributed by atoms with Crippen LogP contribution in [0.5, 0.6) is 11.5 Å². The fraction of sp³-hybridized carbons (Fsp3) is 0.286. The van der Waals surface area contributed by atoms with Crippen LogP contribution >= 0.6 is 11.8 Å². The molecule has 2 aromatic heterocycles. The molecule has 2 aromatic carbocycles. The molecule has 1 saturated heterocycles. The molecule has 10 nitrogen and oxygen atoms in total. The Morgan fingerprint density at radius 1 is 0.897 bits per heavy atom. The maximum atomic E-state index is 13.4. The molecule has 1 fully saturated rings. The van der Waals surface area contributed by atoms with Crippen molar-refractivity contribution in [1.82, 2.24) is 24.6 Å². The molecule has 39 heavy (non-hydrogen) atoms. The van der Waals surface area contributed by atoms with Crippen LogP contribution < -0.4 is 9.47 Å². The summed E-state index contributed by atoms with van der Waals surface area (Å²) in [5.74, 6) is 2.08. The van der Waals surface area contributed by atoms with E-state index in [1.54, 1.807) is 21.9 Å². The topological polar surface area (TPSA) is 103 Å². The van der Waals surface area contributed by atoms with Crippen LogP contribution in [-0.2, 0) is 4.79 Å². The summed E-state index contributed by atoms with van der Waals surface area (Å²) < 4.78 is 19.3. The number of benzene rings is 2. The van der Waals surface area contributed by atoms with Crippen molar-refractivity contribution in [3.63, 3.8) is 0 Å². The first kappa shape index (κ1) is 25.1. The van der Waals surface area contributed by atoms with Gasteiger partial charge in [0, 0.05) is 31.9 Å². The highest BCUT2D eigenvalue weighted by Crippen LogP contribution is 2.37. The molecule has 4 heterocycles. The van der Waals surface area contributed by atoms with Crippen LogP contribution in [0.25, 0.3) is 5.69 Å². The average Bonchev–Trinajstić information content (AvgIpc) is 3.67. The molecule has 0 bridgehead atoms. The standard InChI is InChI=1S/C28H27N5O5S/c1-19(26(34)31-13-15-32(16-14-31)27(35)23-12-7-17-36-23)39-28-30-29-25(33(28)20-8-3-2-4-9-20)24-18-37-21-10-5-6-11-22(21)38-24/h2-12,17,19,24H,13-16,18H2,1H3. The van der Waals surface area contributed by atoms with E-state index in [4.69, 9.17) is 13.9 Å². The molecule has 0 N–H and O–H groups in total. The number of ether oxygens (including phenoxy) is 2. The third-order valence-electron chi connectivity index (χ3n) is 6.71. The molecule has 2 aliphatic rings. The Kier molecular flexibility index (Phi) is 6.97. The Morgan fingerprint density at radius 2 is 1.62 bits per heavy atom. The number of hydrogen-bond acceptors (Lipinski definition) is 8. The van der Waals surface area contributed by atoms with Gasteiger partial charge in [-0.1, -0.05) is 42.1 Å². The molecule has 4 aromatic rings. The van der Waals surface area contributed by atoms with Gasteiger partial charge in [-0.3, -0.25) is 14.2 Å². The third kappa shape index (κ3) is 5.09. The predicted molar refractivity (Wildman–Crippen MR) is 143 cm³/mol. The lowest BCUT2D eigenvalue weighted by atomic mass is 10.2. The molecule has 0 aliphatic carbocycles. The number of fused-ring (bicyclic) bond motifs is 1. The minimum Gasteiger partial charge on any atom is -0.485 e. The van der Waals surface area contributed by atoms with Crippen molar-refractivity contribution in [2.45, 2.75) is 23.4 Å². The lowest BCUT2D eigenvalue weighted by molar-refractivity contribution is -0.131. The zero-order chi connectivity index (χ0) is 26.8. The van der Waals surface area contributed by atoms with Gasteiger partial charge in [0.2, 0.25) is 5.91 Å². The van der Waals surface area contributed by atoms with Crippen molar-refractivity contribution >= 4 is 23.6 Å². The Bertz CT molecular complexity index is 1450. The first-order chi connectivity index (χ1) is 19.1. The van der Waals surface area contributed by atoms with Gasteiger partial charge < -0.3 is 23.7 Å². The Labute approximate surface area is 229 Å². The zero-order valence-electron chi connectivity index (χ0n) is 21.3. The Hall–Kier alpha value is -4.25. The molecule has 2 amide bonds. The van der Waals surface area contributed by atoms with Gasteiger partial charge in [-0.25, -0.2) is 0 Å². The van der Waals surface area contributed by atoms with Crippen LogP contribution in [0.3, 0.4) is 0 Å². The fourth-order valence-corrected chi connectivity index (χ4v) is 5.64. The summed E-state index contributed by atoms with van der Waals surface area (Å²) in [4.78, 5) is 29.5. The lowest BCUT2D eigenvalue weighted by Gasteiger charge is -2.35. The van der Waals surface area contributed by atoms with Crippen LogP contribution in [0.2, 0.25) is 0 Å². The largest absolute Gasteiger partial charge is 0.485 e. The van der Waals surface area contributed by atoms with Gasteiger partial charge in [-0.15, -0.1) is 10.2 Å². The summed E-state index contributed by atoms with van der Waals surface area (Å²) in [6, 6.07) is 20.6. The molecular formula is C28H27N5O5S. The van der Waals surface area contributed by atoms with Crippen LogP contribution in [0, 0.1) is 0 Å². The minimum atomic E-state index is -0.465. The number of nitrogens with zero attached hydrogens (tertiary/aromatic N) is 5. The highest BCUT2D eigenvalue weighted by molar-refractivity contribution is 8.00. The van der Waals surface area contributed by atoms with Crippen molar-refractivity contribution in [3.8, 4) is 17.2 Å². The predicted octanol–water partition coefficient (Wildman–Crippen LogP) is 3.84. The second-order valence-corrected chi connectivity index (χ2v) is 10.5. The maximum Gasteiger partial charge on any atom is 0.289 e. The van der Waals surface area contributed by atoms with E-state index in [1.165, 1.54) is 18.0 Å². The van der Waals surface area contributed by atoms with E-state index in [-0.39, 0.29) is 11.8 Å². The van der Waals surface area contributed by atoms with Crippen molar-refractivity contribution in [2.24, 2.45) is 0 Å². The molecule has 6 rings (SSSR count). The summed E-state index contributed by atoms with van der Waals surface area (Å²) >= 11 is 1.35. The molecule has 0 radical (unpaired) electrons. The lowest BCUT2D eigenvalue weighted by Crippen LogP contribution is -2.52. The fourth-order valence-electron chi connectivity index (χ4n) is 4.68. The number of carbonyl (C=O) groups excluding carboxylic acids is 2. The first-order valence-electron chi connectivity index (χ1n) is 12.8. The van der Waals surface area contributed by atoms with Crippen LogP contribution in [0.15, 0.2) is 82.6 Å². The average molecular weight is 546 g/mol. The maximum absolute atomic E-state index is 13.4. The van der Waals surface area contributed by atoms with Crippen LogP contribution in [0.1, 0.15) is 29.4 Å². The van der Waals surface area contributed by atoms with Crippen LogP contribution in [0.4, 0.5) is 0 Å². The van der Waals surface area contributed by atoms with Crippen molar-refractivity contribution in [3.05, 3.63) is 84.6 Å². The zero-order valence-corrected chi connectivity index (χ0v) is 22.1. The van der Waals surface area contributed by atoms with Gasteiger partial charge in [-0.2, -0.15) is 0 Å². The molecule has 2 aliphatic heterocycles. The van der Waals surface area contributed by atoms with Gasteiger partial charge in [0.15, 0.2) is 34.3 Å². The van der Waals surface area contributed by atoms with Crippen LogP contribution in [-0.4, -0.2) is 74.4 Å². The highest BCUT2D eigenvalue weighted by atomic mass is 32.2. The number of amides is 2. The number of hydrogen-bond donors (Lipinski definition) is 0. The van der Waals surface area contributed by atoms with E-state index in [0.29, 0.717) is 61.0 Å². The van der Waals surface area contributed by atoms with Crippen molar-refractivity contribution < 1.29 is 23.5 Å². The molecule has 11 heteroatoms. The van der Waals surface area contributed by atoms with E-state index in [2.05, 4.69) is 10.2 Å². The first-order valence-corrected chi connectivity index (χ1v) is 13.6. The summed E-state index contributed by atoms with van der Waals surface area (Å²) in [5.41, 5.74) is 0.868. The smallest absolute Gasteiger partial charge is 0.289 e. The number of rotatable bonds is 6. The van der Waals surface area contributed by atoms with E-state index >= 15 is 0 Å². The van der Waals surface area contributed by atoms with E-state index < -0.39 is 11.4 Å². The van der Waals surface area contributed by atoms with Gasteiger partial charge in [-0.05, 0) is 43.3 Å². The van der Waals surface area contributed by atoms with E-state index in [0.717, 1.165) is 5.69 Å². The molecule has 2 unspecified atom stereocenters. The number of thioether (sulfide) groups is 1. The van der Waals surface area contributed by atoms with Gasteiger partial charge >= 0.3 is 0 Å². The summed E-state index contributed by atoms with van der Waals surface area (Å²) in [6.45, 7) is 3.98. The van der Waals surface area contributed by atoms with Crippen molar-refractivity contribution in [2.75, 3.05) is 32.8 Å². The second kappa shape index (κ2) is 10.9. The van der Waals surface area contributed by atoms with E-state index in [9.17, 15) is 9.59 Å². The SMILES string of the molecule is CC(Sc1nnc(C2COc3ccccc3O2)n1-c1ccccc1)C(=O)N1CCN(C(=O)c2ccco2)CC1. The van der Waals surface area contributed by atoms with Gasteiger partial charge in [0.25, 0.3) is 5.91 Å². The van der Waals surface area contributed by atoms with Crippen molar-refractivity contribution in [1.29, 1.82) is 0 Å². The number of piperazine rings is 1. The normalized spacial score (nSPS) is 17.6. The van der Waals surface area contributed by atoms with Gasteiger partial charge in [0.05, 0.1) is 11.5 Å². The van der Waals surface area contributed by atoms with Gasteiger partial charge in [0.1, 0.15) is 6.61 Å². The molecular weight excluding hydrogens is 518 g/mol. The molecule has 0 saturated carbocycles. The number of carbonyl (C=O) groups is 2. The quantitative estimate of drug-likeness (QED) is 0.337. The van der Waals surface area contributed by atoms with E-state index in [1.807, 2.05) is 66.1 Å². The second-order valence-electron chi connectivity index (χ2n) is 9.23. The summed E-state index contributed by atoms with van der Waals surface area (Å²) in [7, 11) is 0. The monoisotopic (exact) mass is 545 g/mol. The number of furan rings is 1. The molecule has 200 valence electrons. The molecule has 0 spiro atoms. The minimum absolute atomic E-state index is 0.0135. The summed E-state index contributed by atoms with van der Waals surface area (Å²) in [6.07, 6.45) is 1.02.